The SMILES string of the molecule is CCN(C(N)=O)c1nc2cc(-c3cnnc(N4CCC(C)(C(=O)O)CC4)c3)cc(-c3ccccn3)c2s1. The van der Waals surface area contributed by atoms with Crippen molar-refractivity contribution in [3.8, 4) is 22.4 Å². The number of carbonyl (C=O) groups is 2. The molecule has 1 saturated heterocycles. The zero-order chi connectivity index (χ0) is 26.2. The average Bonchev–Trinajstić information content (AvgIpc) is 3.33. The van der Waals surface area contributed by atoms with Crippen molar-refractivity contribution in [2.24, 2.45) is 11.1 Å². The molecule has 190 valence electrons. The van der Waals surface area contributed by atoms with Crippen LogP contribution in [0.1, 0.15) is 26.7 Å². The molecule has 3 aromatic heterocycles. The number of carbonyl (C=O) groups excluding carboxylic acids is 1. The average molecular weight is 518 g/mol. The molecule has 1 fully saturated rings. The molecule has 0 atom stereocenters. The van der Waals surface area contributed by atoms with Crippen LogP contribution in [0.4, 0.5) is 15.7 Å². The normalized spacial score (nSPS) is 15.0. The number of hydrogen-bond donors (Lipinski definition) is 2. The summed E-state index contributed by atoms with van der Waals surface area (Å²) in [6.07, 6.45) is 4.52. The quantitative estimate of drug-likeness (QED) is 0.383. The van der Waals surface area contributed by atoms with Crippen LogP contribution < -0.4 is 15.5 Å². The van der Waals surface area contributed by atoms with E-state index in [1.165, 1.54) is 16.2 Å². The molecule has 10 nitrogen and oxygen atoms in total. The van der Waals surface area contributed by atoms with E-state index in [2.05, 4.69) is 20.1 Å². The smallest absolute Gasteiger partial charge is 0.321 e. The first-order valence-electron chi connectivity index (χ1n) is 12.0. The molecule has 0 unspecified atom stereocenters. The van der Waals surface area contributed by atoms with E-state index >= 15 is 0 Å². The van der Waals surface area contributed by atoms with Crippen LogP contribution in [0.3, 0.4) is 0 Å². The van der Waals surface area contributed by atoms with E-state index in [0.717, 1.165) is 32.6 Å². The first-order chi connectivity index (χ1) is 17.8. The Bertz CT molecular complexity index is 1470. The molecule has 4 heterocycles. The van der Waals surface area contributed by atoms with Crippen LogP contribution >= 0.6 is 11.3 Å². The molecule has 0 spiro atoms. The van der Waals surface area contributed by atoms with Crippen LogP contribution in [-0.2, 0) is 4.79 Å². The molecule has 37 heavy (non-hydrogen) atoms. The van der Waals surface area contributed by atoms with Gasteiger partial charge in [0.1, 0.15) is 0 Å². The summed E-state index contributed by atoms with van der Waals surface area (Å²) in [5, 5.41) is 18.7. The molecule has 11 heteroatoms. The molecule has 1 aliphatic heterocycles. The third-order valence-electron chi connectivity index (χ3n) is 6.92. The van der Waals surface area contributed by atoms with Crippen LogP contribution in [0.25, 0.3) is 32.6 Å². The van der Waals surface area contributed by atoms with E-state index in [-0.39, 0.29) is 0 Å². The van der Waals surface area contributed by atoms with E-state index in [4.69, 9.17) is 10.7 Å². The number of benzene rings is 1. The minimum Gasteiger partial charge on any atom is -0.481 e. The monoisotopic (exact) mass is 517 g/mol. The fourth-order valence-corrected chi connectivity index (χ4v) is 5.65. The summed E-state index contributed by atoms with van der Waals surface area (Å²) in [6, 6.07) is 11.2. The lowest BCUT2D eigenvalue weighted by Crippen LogP contribution is -2.43. The first kappa shape index (κ1) is 24.6. The van der Waals surface area contributed by atoms with E-state index in [1.807, 2.05) is 43.3 Å². The lowest BCUT2D eigenvalue weighted by molar-refractivity contribution is -0.149. The number of aliphatic carboxylic acids is 1. The Balaban J connectivity index is 1.56. The molecule has 0 bridgehead atoms. The maximum absolute atomic E-state index is 12.0. The number of nitrogens with two attached hydrogens (primary N) is 1. The van der Waals surface area contributed by atoms with Crippen LogP contribution in [0.5, 0.6) is 0 Å². The second kappa shape index (κ2) is 9.74. The fourth-order valence-electron chi connectivity index (χ4n) is 4.51. The zero-order valence-electron chi connectivity index (χ0n) is 20.6. The van der Waals surface area contributed by atoms with Gasteiger partial charge in [0, 0.05) is 37.0 Å². The number of fused-ring (bicyclic) bond motifs is 1. The summed E-state index contributed by atoms with van der Waals surface area (Å²) in [7, 11) is 0. The molecular weight excluding hydrogens is 490 g/mol. The van der Waals surface area contributed by atoms with Crippen molar-refractivity contribution in [2.75, 3.05) is 29.4 Å². The minimum absolute atomic E-state index is 0.412. The van der Waals surface area contributed by atoms with E-state index < -0.39 is 17.4 Å². The molecule has 5 rings (SSSR count). The van der Waals surface area contributed by atoms with Gasteiger partial charge >= 0.3 is 12.0 Å². The van der Waals surface area contributed by atoms with Crippen molar-refractivity contribution in [2.45, 2.75) is 26.7 Å². The highest BCUT2D eigenvalue weighted by molar-refractivity contribution is 7.23. The molecule has 0 saturated carbocycles. The van der Waals surface area contributed by atoms with Gasteiger partial charge in [0.05, 0.1) is 27.5 Å². The van der Waals surface area contributed by atoms with Crippen molar-refractivity contribution in [1.29, 1.82) is 0 Å². The molecule has 0 radical (unpaired) electrons. The Hall–Kier alpha value is -4.12. The zero-order valence-corrected chi connectivity index (χ0v) is 21.4. The fraction of sp³-hybridized carbons (Fsp3) is 0.308. The summed E-state index contributed by atoms with van der Waals surface area (Å²) in [5.41, 5.74) is 9.01. The molecule has 0 aliphatic carbocycles. The predicted octanol–water partition coefficient (Wildman–Crippen LogP) is 4.41. The molecule has 2 amide bonds. The molecule has 4 aromatic rings. The molecule has 3 N–H and O–H groups in total. The van der Waals surface area contributed by atoms with Crippen molar-refractivity contribution in [3.05, 3.63) is 48.8 Å². The van der Waals surface area contributed by atoms with Gasteiger partial charge in [-0.15, -0.1) is 5.10 Å². The Kier molecular flexibility index (Phi) is 6.46. The number of primary amides is 1. The second-order valence-corrected chi connectivity index (χ2v) is 10.3. The highest BCUT2D eigenvalue weighted by atomic mass is 32.1. The van der Waals surface area contributed by atoms with E-state index in [1.54, 1.807) is 19.3 Å². The Morgan fingerprint density at radius 2 is 1.97 bits per heavy atom. The van der Waals surface area contributed by atoms with E-state index in [0.29, 0.717) is 43.4 Å². The lowest BCUT2D eigenvalue weighted by atomic mass is 9.80. The molecule has 1 aliphatic rings. The number of rotatable bonds is 6. The number of piperidine rings is 1. The number of thiazole rings is 1. The maximum Gasteiger partial charge on any atom is 0.321 e. The first-order valence-corrected chi connectivity index (χ1v) is 12.8. The van der Waals surface area contributed by atoms with Crippen LogP contribution in [0, 0.1) is 5.41 Å². The van der Waals surface area contributed by atoms with Crippen LogP contribution in [0.2, 0.25) is 0 Å². The van der Waals surface area contributed by atoms with Crippen LogP contribution in [0.15, 0.2) is 48.8 Å². The van der Waals surface area contributed by atoms with Gasteiger partial charge in [-0.1, -0.05) is 17.4 Å². The third kappa shape index (κ3) is 4.69. The lowest BCUT2D eigenvalue weighted by Gasteiger charge is -2.36. The van der Waals surface area contributed by atoms with Gasteiger partial charge in [-0.25, -0.2) is 9.78 Å². The number of amides is 2. The number of aromatic nitrogens is 4. The number of carboxylic acid groups (broad SMARTS) is 1. The number of urea groups is 1. The Labute approximate surface area is 217 Å². The van der Waals surface area contributed by atoms with Gasteiger partial charge in [0.15, 0.2) is 10.9 Å². The summed E-state index contributed by atoms with van der Waals surface area (Å²) in [5.74, 6) is -0.0581. The number of anilines is 2. The molecular formula is C26H27N7O3S. The number of carboxylic acids is 1. The number of hydrogen-bond acceptors (Lipinski definition) is 8. The summed E-state index contributed by atoms with van der Waals surface area (Å²) >= 11 is 1.40. The summed E-state index contributed by atoms with van der Waals surface area (Å²) in [6.45, 7) is 5.24. The Morgan fingerprint density at radius 1 is 1.19 bits per heavy atom. The van der Waals surface area contributed by atoms with Crippen molar-refractivity contribution >= 4 is 44.5 Å². The highest BCUT2D eigenvalue weighted by Gasteiger charge is 2.37. The number of pyridine rings is 1. The van der Waals surface area contributed by atoms with Crippen molar-refractivity contribution in [3.63, 3.8) is 0 Å². The number of nitrogens with zero attached hydrogens (tertiary/aromatic N) is 6. The van der Waals surface area contributed by atoms with Gasteiger partial charge in [-0.3, -0.25) is 14.7 Å². The van der Waals surface area contributed by atoms with Crippen molar-refractivity contribution in [1.82, 2.24) is 20.2 Å². The third-order valence-corrected chi connectivity index (χ3v) is 8.04. The highest BCUT2D eigenvalue weighted by Crippen LogP contribution is 2.40. The summed E-state index contributed by atoms with van der Waals surface area (Å²) in [4.78, 5) is 36.4. The standard InChI is InChI=1S/C26H27N7O3S/c1-3-33(24(27)36)25-30-20-13-16(12-18(22(20)37-25)19-6-4-5-9-28-19)17-14-21(31-29-15-17)32-10-7-26(2,8-11-32)23(34)35/h4-6,9,12-15H,3,7-8,10-11H2,1-2H3,(H2,27,36)(H,34,35). The Morgan fingerprint density at radius 3 is 2.62 bits per heavy atom. The maximum atomic E-state index is 12.0. The van der Waals surface area contributed by atoms with Gasteiger partial charge in [-0.05, 0) is 62.6 Å². The van der Waals surface area contributed by atoms with E-state index in [9.17, 15) is 14.7 Å². The van der Waals surface area contributed by atoms with Gasteiger partial charge in [0.2, 0.25) is 0 Å². The van der Waals surface area contributed by atoms with Gasteiger partial charge in [0.25, 0.3) is 0 Å². The van der Waals surface area contributed by atoms with Gasteiger partial charge < -0.3 is 15.7 Å². The van der Waals surface area contributed by atoms with Gasteiger partial charge in [-0.2, -0.15) is 5.10 Å². The predicted molar refractivity (Wildman–Crippen MR) is 144 cm³/mol. The summed E-state index contributed by atoms with van der Waals surface area (Å²) < 4.78 is 0.906. The molecule has 1 aromatic carbocycles. The topological polar surface area (TPSA) is 138 Å². The largest absolute Gasteiger partial charge is 0.481 e. The second-order valence-electron chi connectivity index (χ2n) is 9.32. The van der Waals surface area contributed by atoms with Crippen molar-refractivity contribution < 1.29 is 14.7 Å². The minimum atomic E-state index is -0.761. The van der Waals surface area contributed by atoms with Crippen LogP contribution in [-0.4, -0.2) is 56.9 Å².